The van der Waals surface area contributed by atoms with Crippen molar-refractivity contribution >= 4 is 17.8 Å². The molecule has 31 heavy (non-hydrogen) atoms. The van der Waals surface area contributed by atoms with Gasteiger partial charge in [-0.25, -0.2) is 9.97 Å². The number of carbonyl (C=O) groups is 2. The van der Waals surface area contributed by atoms with Gasteiger partial charge in [-0.2, -0.15) is 0 Å². The van der Waals surface area contributed by atoms with Crippen LogP contribution < -0.4 is 10.6 Å². The second kappa shape index (κ2) is 9.87. The molecular weight excluding hydrogens is 392 g/mol. The van der Waals surface area contributed by atoms with Crippen LogP contribution in [0.1, 0.15) is 42.2 Å². The van der Waals surface area contributed by atoms with E-state index in [4.69, 9.17) is 10.7 Å². The van der Waals surface area contributed by atoms with Crippen molar-refractivity contribution in [2.45, 2.75) is 26.2 Å². The molecule has 3 rings (SSSR count). The summed E-state index contributed by atoms with van der Waals surface area (Å²) in [5.41, 5.74) is 8.64. The second-order valence-corrected chi connectivity index (χ2v) is 8.10. The number of primary amides is 1. The molecule has 1 aromatic heterocycles. The average molecular weight is 425 g/mol. The molecule has 1 aliphatic heterocycles. The third-order valence-electron chi connectivity index (χ3n) is 5.80. The molecule has 2 N–H and O–H groups in total. The van der Waals surface area contributed by atoms with Gasteiger partial charge in [0, 0.05) is 57.0 Å². The number of benzene rings is 1. The largest absolute Gasteiger partial charge is 0.366 e. The monoisotopic (exact) mass is 424 g/mol. The highest BCUT2D eigenvalue weighted by Crippen LogP contribution is 2.34. The highest BCUT2D eigenvalue weighted by Gasteiger charge is 2.30. The van der Waals surface area contributed by atoms with Crippen molar-refractivity contribution < 1.29 is 9.59 Å². The van der Waals surface area contributed by atoms with Crippen molar-refractivity contribution in [2.24, 2.45) is 5.73 Å². The minimum absolute atomic E-state index is 0.164. The first-order valence-corrected chi connectivity index (χ1v) is 10.8. The molecule has 1 saturated heterocycles. The van der Waals surface area contributed by atoms with Crippen LogP contribution in [0.25, 0.3) is 11.1 Å². The topological polar surface area (TPSA) is 95.7 Å². The van der Waals surface area contributed by atoms with Gasteiger partial charge in [0.15, 0.2) is 0 Å². The highest BCUT2D eigenvalue weighted by molar-refractivity contribution is 5.94. The van der Waals surface area contributed by atoms with Gasteiger partial charge >= 0.3 is 0 Å². The fourth-order valence-corrected chi connectivity index (χ4v) is 4.04. The minimum Gasteiger partial charge on any atom is -0.366 e. The zero-order valence-corrected chi connectivity index (χ0v) is 18.8. The van der Waals surface area contributed by atoms with E-state index in [1.807, 2.05) is 56.1 Å². The van der Waals surface area contributed by atoms with E-state index in [0.717, 1.165) is 49.4 Å². The molecule has 1 atom stereocenters. The molecule has 2 heterocycles. The quantitative estimate of drug-likeness (QED) is 0.696. The number of hydrogen-bond acceptors (Lipinski definition) is 6. The third-order valence-corrected chi connectivity index (χ3v) is 5.80. The molecule has 8 nitrogen and oxygen atoms in total. The number of amides is 2. The SMILES string of the molecule is CCN(CC)C(=O)CN1CC[C@@H](c2nc(N(C)C)ncc2-c2cccc(C(N)=O)c2)C1. The Morgan fingerprint density at radius 2 is 1.97 bits per heavy atom. The molecule has 0 unspecified atom stereocenters. The van der Waals surface area contributed by atoms with Crippen molar-refractivity contribution in [3.05, 3.63) is 41.7 Å². The van der Waals surface area contributed by atoms with Gasteiger partial charge in [-0.05, 0) is 44.5 Å². The number of likely N-dealkylation sites (N-methyl/N-ethyl adjacent to an activating group) is 1. The van der Waals surface area contributed by atoms with Crippen LogP contribution in [0.3, 0.4) is 0 Å². The van der Waals surface area contributed by atoms with Crippen LogP contribution in [0.5, 0.6) is 0 Å². The maximum atomic E-state index is 12.5. The Bertz CT molecular complexity index is 941. The lowest BCUT2D eigenvalue weighted by atomic mass is 9.95. The number of nitrogens with two attached hydrogens (primary N) is 1. The van der Waals surface area contributed by atoms with Crippen molar-refractivity contribution in [1.29, 1.82) is 0 Å². The van der Waals surface area contributed by atoms with E-state index in [1.54, 1.807) is 12.1 Å². The first-order chi connectivity index (χ1) is 14.8. The molecule has 0 saturated carbocycles. The summed E-state index contributed by atoms with van der Waals surface area (Å²) in [5.74, 6) is 0.522. The smallest absolute Gasteiger partial charge is 0.248 e. The number of carbonyl (C=O) groups excluding carboxylic acids is 2. The van der Waals surface area contributed by atoms with Gasteiger partial charge in [0.05, 0.1) is 12.2 Å². The molecule has 1 fully saturated rings. The normalized spacial score (nSPS) is 16.3. The van der Waals surface area contributed by atoms with Crippen molar-refractivity contribution in [3.8, 4) is 11.1 Å². The van der Waals surface area contributed by atoms with E-state index in [2.05, 4.69) is 9.88 Å². The van der Waals surface area contributed by atoms with Crippen LogP contribution in [-0.4, -0.2) is 78.4 Å². The first kappa shape index (κ1) is 22.7. The third kappa shape index (κ3) is 5.19. The molecular formula is C23H32N6O2. The van der Waals surface area contributed by atoms with Gasteiger partial charge in [0.25, 0.3) is 0 Å². The Balaban J connectivity index is 1.89. The van der Waals surface area contributed by atoms with Crippen LogP contribution >= 0.6 is 0 Å². The fourth-order valence-electron chi connectivity index (χ4n) is 4.04. The van der Waals surface area contributed by atoms with Crippen LogP contribution in [0.4, 0.5) is 5.95 Å². The zero-order chi connectivity index (χ0) is 22.5. The van der Waals surface area contributed by atoms with E-state index in [1.165, 1.54) is 0 Å². The van der Waals surface area contributed by atoms with E-state index in [0.29, 0.717) is 18.1 Å². The Hall–Kier alpha value is -3.00. The first-order valence-electron chi connectivity index (χ1n) is 10.8. The lowest BCUT2D eigenvalue weighted by molar-refractivity contribution is -0.131. The summed E-state index contributed by atoms with van der Waals surface area (Å²) in [6, 6.07) is 7.26. The number of rotatable bonds is 8. The minimum atomic E-state index is -0.462. The predicted molar refractivity (Wildman–Crippen MR) is 122 cm³/mol. The molecule has 1 aliphatic rings. The van der Waals surface area contributed by atoms with Crippen LogP contribution in [0.2, 0.25) is 0 Å². The van der Waals surface area contributed by atoms with E-state index in [-0.39, 0.29) is 11.8 Å². The van der Waals surface area contributed by atoms with Crippen LogP contribution in [0.15, 0.2) is 30.5 Å². The van der Waals surface area contributed by atoms with Crippen molar-refractivity contribution in [1.82, 2.24) is 19.8 Å². The maximum absolute atomic E-state index is 12.5. The number of aromatic nitrogens is 2. The summed E-state index contributed by atoms with van der Waals surface area (Å²) in [4.78, 5) is 39.5. The summed E-state index contributed by atoms with van der Waals surface area (Å²) in [6.45, 7) is 7.50. The molecule has 0 bridgehead atoms. The molecule has 0 spiro atoms. The lowest BCUT2D eigenvalue weighted by Gasteiger charge is -2.23. The van der Waals surface area contributed by atoms with Crippen molar-refractivity contribution in [3.63, 3.8) is 0 Å². The molecule has 0 aliphatic carbocycles. The molecule has 0 radical (unpaired) electrons. The number of nitrogens with zero attached hydrogens (tertiary/aromatic N) is 5. The molecule has 8 heteroatoms. The Kier molecular flexibility index (Phi) is 7.22. The van der Waals surface area contributed by atoms with Gasteiger partial charge in [-0.3, -0.25) is 14.5 Å². The van der Waals surface area contributed by atoms with Gasteiger partial charge in [0.2, 0.25) is 17.8 Å². The number of hydrogen-bond donors (Lipinski definition) is 1. The standard InChI is InChI=1S/C23H32N6O2/c1-5-29(6-2)20(30)15-28-11-10-18(14-28)21-19(13-25-23(26-21)27(3)4)16-8-7-9-17(12-16)22(24)31/h7-9,12-13,18H,5-6,10-11,14-15H2,1-4H3,(H2,24,31)/t18-/m1/s1. The maximum Gasteiger partial charge on any atom is 0.248 e. The summed E-state index contributed by atoms with van der Waals surface area (Å²) in [6.07, 6.45) is 2.74. The predicted octanol–water partition coefficient (Wildman–Crippen LogP) is 1.97. The van der Waals surface area contributed by atoms with Gasteiger partial charge < -0.3 is 15.5 Å². The van der Waals surface area contributed by atoms with Gasteiger partial charge in [-0.1, -0.05) is 12.1 Å². The summed E-state index contributed by atoms with van der Waals surface area (Å²) in [7, 11) is 3.83. The van der Waals surface area contributed by atoms with Crippen LogP contribution in [0, 0.1) is 0 Å². The molecule has 2 aromatic rings. The van der Waals surface area contributed by atoms with E-state index >= 15 is 0 Å². The zero-order valence-electron chi connectivity index (χ0n) is 18.8. The summed E-state index contributed by atoms with van der Waals surface area (Å²) < 4.78 is 0. The van der Waals surface area contributed by atoms with Crippen LogP contribution in [-0.2, 0) is 4.79 Å². The van der Waals surface area contributed by atoms with Gasteiger partial charge in [0.1, 0.15) is 0 Å². The molecule has 1 aromatic carbocycles. The molecule has 2 amide bonds. The Morgan fingerprint density at radius 3 is 2.61 bits per heavy atom. The second-order valence-electron chi connectivity index (χ2n) is 8.10. The van der Waals surface area contributed by atoms with E-state index in [9.17, 15) is 9.59 Å². The molecule has 166 valence electrons. The van der Waals surface area contributed by atoms with E-state index < -0.39 is 5.91 Å². The van der Waals surface area contributed by atoms with Crippen molar-refractivity contribution in [2.75, 3.05) is 51.7 Å². The summed E-state index contributed by atoms with van der Waals surface area (Å²) >= 11 is 0. The lowest BCUT2D eigenvalue weighted by Crippen LogP contribution is -2.39. The Morgan fingerprint density at radius 1 is 1.23 bits per heavy atom. The van der Waals surface area contributed by atoms with Gasteiger partial charge in [-0.15, -0.1) is 0 Å². The summed E-state index contributed by atoms with van der Waals surface area (Å²) in [5, 5.41) is 0. The number of likely N-dealkylation sites (tertiary alicyclic amines) is 1. The number of anilines is 1. The fraction of sp³-hybridized carbons (Fsp3) is 0.478. The highest BCUT2D eigenvalue weighted by atomic mass is 16.2. The Labute approximate surface area is 184 Å². The average Bonchev–Trinajstić information content (AvgIpc) is 3.22.